The Morgan fingerprint density at radius 3 is 2.33 bits per heavy atom. The number of rotatable bonds is 12. The maximum atomic E-state index is 14.0. The molecule has 3 aromatic carbocycles. The Morgan fingerprint density at radius 2 is 1.67 bits per heavy atom. The SMILES string of the molecule is CCNC(=O)C1CCCN1C(=O)C(CCCN=C(N)NS(=O)(=O)c1c(C)c(C)c2c(c1C)CC(C)(C)O2)NC(=O)OCC1c2ccccc2-c2ccccc21. The van der Waals surface area contributed by atoms with Crippen molar-refractivity contribution in [3.63, 3.8) is 0 Å². The van der Waals surface area contributed by atoms with Crippen molar-refractivity contribution in [2.45, 2.75) is 102 Å². The Kier molecular flexibility index (Phi) is 11.5. The van der Waals surface area contributed by atoms with Crippen molar-refractivity contribution < 1.29 is 32.3 Å². The predicted molar refractivity (Wildman–Crippen MR) is 211 cm³/mol. The van der Waals surface area contributed by atoms with Gasteiger partial charge in [-0.15, -0.1) is 0 Å². The van der Waals surface area contributed by atoms with Gasteiger partial charge in [0.05, 0.1) is 4.90 Å². The number of nitrogens with two attached hydrogens (primary N) is 1. The number of carbonyl (C=O) groups excluding carboxylic acids is 3. The maximum absolute atomic E-state index is 14.0. The minimum atomic E-state index is -4.10. The minimum absolute atomic E-state index is 0.0630. The number of hydrogen-bond donors (Lipinski definition) is 4. The van der Waals surface area contributed by atoms with Crippen LogP contribution in [0.1, 0.15) is 85.8 Å². The third kappa shape index (κ3) is 8.14. The van der Waals surface area contributed by atoms with Gasteiger partial charge in [0.2, 0.25) is 17.8 Å². The number of nitrogens with one attached hydrogen (secondary N) is 3. The molecule has 1 aliphatic carbocycles. The molecule has 2 unspecified atom stereocenters. The molecule has 0 spiro atoms. The molecule has 294 valence electrons. The summed E-state index contributed by atoms with van der Waals surface area (Å²) >= 11 is 0. The van der Waals surface area contributed by atoms with Crippen LogP contribution in [0.15, 0.2) is 58.4 Å². The summed E-state index contributed by atoms with van der Waals surface area (Å²) in [7, 11) is -4.10. The van der Waals surface area contributed by atoms with Crippen molar-refractivity contribution in [3.8, 4) is 16.9 Å². The van der Waals surface area contributed by atoms with Crippen LogP contribution in [-0.2, 0) is 30.8 Å². The van der Waals surface area contributed by atoms with Crippen molar-refractivity contribution in [1.82, 2.24) is 20.3 Å². The molecular weight excluding hydrogens is 721 g/mol. The number of hydrogen-bond acceptors (Lipinski definition) is 8. The number of alkyl carbamates (subject to hydrolysis) is 1. The van der Waals surface area contributed by atoms with E-state index in [1.807, 2.05) is 64.1 Å². The second-order valence-electron chi connectivity index (χ2n) is 15.2. The molecule has 3 amide bonds. The fourth-order valence-corrected chi connectivity index (χ4v) is 9.72. The summed E-state index contributed by atoms with van der Waals surface area (Å²) in [6.45, 7) is 12.1. The number of amides is 3. The van der Waals surface area contributed by atoms with E-state index in [0.717, 1.165) is 39.1 Å². The molecule has 3 aliphatic rings. The lowest BCUT2D eigenvalue weighted by Gasteiger charge is -2.28. The van der Waals surface area contributed by atoms with Crippen molar-refractivity contribution in [2.24, 2.45) is 10.7 Å². The first-order valence-electron chi connectivity index (χ1n) is 19.0. The highest BCUT2D eigenvalue weighted by atomic mass is 32.2. The van der Waals surface area contributed by atoms with Gasteiger partial charge >= 0.3 is 6.09 Å². The highest BCUT2D eigenvalue weighted by molar-refractivity contribution is 7.90. The molecule has 3 aromatic rings. The number of ether oxygens (including phenoxy) is 2. The normalized spacial score (nSPS) is 17.8. The third-order valence-electron chi connectivity index (χ3n) is 10.9. The van der Waals surface area contributed by atoms with Gasteiger partial charge in [-0.2, -0.15) is 0 Å². The molecule has 55 heavy (non-hydrogen) atoms. The van der Waals surface area contributed by atoms with E-state index in [-0.39, 0.29) is 48.7 Å². The lowest BCUT2D eigenvalue weighted by molar-refractivity contribution is -0.140. The summed E-state index contributed by atoms with van der Waals surface area (Å²) in [4.78, 5) is 46.1. The molecule has 1 fully saturated rings. The molecule has 0 radical (unpaired) electrons. The van der Waals surface area contributed by atoms with E-state index < -0.39 is 39.7 Å². The van der Waals surface area contributed by atoms with E-state index in [1.165, 1.54) is 4.90 Å². The van der Waals surface area contributed by atoms with Gasteiger partial charge < -0.3 is 30.7 Å². The average molecular weight is 773 g/mol. The number of fused-ring (bicyclic) bond motifs is 4. The van der Waals surface area contributed by atoms with Crippen molar-refractivity contribution in [2.75, 3.05) is 26.2 Å². The number of likely N-dealkylation sites (tertiary alicyclic amines) is 1. The highest BCUT2D eigenvalue weighted by Gasteiger charge is 2.39. The molecule has 13 nitrogen and oxygen atoms in total. The first-order valence-corrected chi connectivity index (χ1v) is 20.5. The van der Waals surface area contributed by atoms with Gasteiger partial charge in [-0.1, -0.05) is 48.5 Å². The van der Waals surface area contributed by atoms with E-state index in [1.54, 1.807) is 13.8 Å². The fourth-order valence-electron chi connectivity index (χ4n) is 8.20. The zero-order valence-electron chi connectivity index (χ0n) is 32.5. The molecular formula is C41H52N6O7S. The number of benzene rings is 3. The van der Waals surface area contributed by atoms with Crippen LogP contribution in [0, 0.1) is 20.8 Å². The molecule has 0 bridgehead atoms. The molecule has 2 aliphatic heterocycles. The Bertz CT molecular complexity index is 2090. The zero-order chi connectivity index (χ0) is 39.7. The predicted octanol–water partition coefficient (Wildman–Crippen LogP) is 4.73. The van der Waals surface area contributed by atoms with E-state index in [0.29, 0.717) is 43.5 Å². The molecule has 6 rings (SSSR count). The van der Waals surface area contributed by atoms with Gasteiger partial charge in [0.25, 0.3) is 10.0 Å². The van der Waals surface area contributed by atoms with E-state index in [4.69, 9.17) is 15.2 Å². The smallest absolute Gasteiger partial charge is 0.407 e. The fraction of sp³-hybridized carbons (Fsp3) is 0.463. The van der Waals surface area contributed by atoms with Crippen LogP contribution < -0.4 is 25.8 Å². The molecule has 0 aromatic heterocycles. The third-order valence-corrected chi connectivity index (χ3v) is 12.5. The van der Waals surface area contributed by atoms with Crippen LogP contribution in [0.5, 0.6) is 5.75 Å². The zero-order valence-corrected chi connectivity index (χ0v) is 33.3. The summed E-state index contributed by atoms with van der Waals surface area (Å²) < 4.78 is 41.7. The van der Waals surface area contributed by atoms with Crippen molar-refractivity contribution in [1.29, 1.82) is 0 Å². The van der Waals surface area contributed by atoms with Crippen LogP contribution in [-0.4, -0.2) is 81.1 Å². The molecule has 2 heterocycles. The molecule has 0 saturated carbocycles. The minimum Gasteiger partial charge on any atom is -0.487 e. The van der Waals surface area contributed by atoms with Crippen LogP contribution in [0.3, 0.4) is 0 Å². The lowest BCUT2D eigenvalue weighted by Crippen LogP contribution is -2.53. The van der Waals surface area contributed by atoms with Crippen LogP contribution in [0.2, 0.25) is 0 Å². The topological polar surface area (TPSA) is 182 Å². The number of likely N-dealkylation sites (N-methyl/N-ethyl adjacent to an activating group) is 1. The summed E-state index contributed by atoms with van der Waals surface area (Å²) in [6.07, 6.45) is 1.40. The Labute approximate surface area is 323 Å². The van der Waals surface area contributed by atoms with Crippen LogP contribution >= 0.6 is 0 Å². The monoisotopic (exact) mass is 772 g/mol. The first-order chi connectivity index (χ1) is 26.1. The summed E-state index contributed by atoms with van der Waals surface area (Å²) in [6, 6.07) is 14.4. The van der Waals surface area contributed by atoms with E-state index in [9.17, 15) is 22.8 Å². The lowest BCUT2D eigenvalue weighted by atomic mass is 9.94. The number of aliphatic imine (C=N–C) groups is 1. The average Bonchev–Trinajstić information content (AvgIpc) is 3.85. The van der Waals surface area contributed by atoms with Gasteiger partial charge in [-0.25, -0.2) is 17.9 Å². The Balaban J connectivity index is 1.13. The molecule has 14 heteroatoms. The van der Waals surface area contributed by atoms with Gasteiger partial charge in [0, 0.05) is 37.5 Å². The molecule has 1 saturated heterocycles. The first kappa shape index (κ1) is 39.6. The van der Waals surface area contributed by atoms with Crippen LogP contribution in [0.25, 0.3) is 11.1 Å². The number of carbonyl (C=O) groups is 3. The summed E-state index contributed by atoms with van der Waals surface area (Å²) in [5, 5.41) is 5.57. The highest BCUT2D eigenvalue weighted by Crippen LogP contribution is 2.45. The van der Waals surface area contributed by atoms with Crippen molar-refractivity contribution in [3.05, 3.63) is 81.9 Å². The van der Waals surface area contributed by atoms with Gasteiger partial charge in [-0.05, 0) is 106 Å². The van der Waals surface area contributed by atoms with Gasteiger partial charge in [0.15, 0.2) is 0 Å². The maximum Gasteiger partial charge on any atom is 0.407 e. The van der Waals surface area contributed by atoms with Gasteiger partial charge in [0.1, 0.15) is 30.0 Å². The summed E-state index contributed by atoms with van der Waals surface area (Å²) in [5.41, 5.74) is 12.8. The Hall–Kier alpha value is -5.11. The van der Waals surface area contributed by atoms with Crippen LogP contribution in [0.4, 0.5) is 4.79 Å². The quantitative estimate of drug-likeness (QED) is 0.116. The van der Waals surface area contributed by atoms with Gasteiger partial charge in [-0.3, -0.25) is 14.6 Å². The second kappa shape index (κ2) is 15.9. The molecule has 2 atom stereocenters. The number of guanidine groups is 1. The Morgan fingerprint density at radius 1 is 1.02 bits per heavy atom. The standard InChI is InChI=1S/C41H52N6O7S/c1-7-43-37(48)34-19-13-21-47(34)38(49)33(45-40(50)53-23-32-29-16-10-8-14-27(29)28-15-9-11-17-30(28)32)18-12-20-44-39(42)46-55(51,52)36-25(3)24(2)35-31(26(36)4)22-41(5,6)54-35/h8-11,14-17,32-34H,7,12-13,18-23H2,1-6H3,(H,43,48)(H,45,50)(H3,42,44,46). The number of sulfonamides is 1. The van der Waals surface area contributed by atoms with E-state index in [2.05, 4.69) is 32.5 Å². The van der Waals surface area contributed by atoms with Crippen molar-refractivity contribution >= 4 is 33.9 Å². The number of nitrogens with zero attached hydrogens (tertiary/aromatic N) is 2. The largest absolute Gasteiger partial charge is 0.487 e. The summed E-state index contributed by atoms with van der Waals surface area (Å²) in [5.74, 6) is -0.370. The molecule has 5 N–H and O–H groups in total. The van der Waals surface area contributed by atoms with E-state index >= 15 is 0 Å². The second-order valence-corrected chi connectivity index (χ2v) is 16.8.